The molecule has 0 fully saturated rings. The molecule has 0 rings (SSSR count). The summed E-state index contributed by atoms with van der Waals surface area (Å²) in [4.78, 5) is 37.6. The standard InChI is InChI=1S/C47H90O6/c1-4-7-10-13-16-19-20-21-22-23-24-25-26-29-31-34-37-40-46(49)52-43-44(53-47(50)41-38-35-32-28-18-15-12-9-6-3)42-51-45(48)39-36-33-30-27-17-14-11-8-5-2/h44H,4-43H2,1-3H3/t44-/m0/s1. The lowest BCUT2D eigenvalue weighted by Crippen LogP contribution is -2.30. The lowest BCUT2D eigenvalue weighted by molar-refractivity contribution is -0.167. The summed E-state index contributed by atoms with van der Waals surface area (Å²) in [5.74, 6) is -0.855. The van der Waals surface area contributed by atoms with Crippen molar-refractivity contribution in [1.29, 1.82) is 0 Å². The Morgan fingerprint density at radius 1 is 0.302 bits per heavy atom. The lowest BCUT2D eigenvalue weighted by Gasteiger charge is -2.18. The Balaban J connectivity index is 4.21. The normalized spacial score (nSPS) is 11.8. The van der Waals surface area contributed by atoms with Gasteiger partial charge in [-0.3, -0.25) is 14.4 Å². The van der Waals surface area contributed by atoms with Gasteiger partial charge in [0.25, 0.3) is 0 Å². The van der Waals surface area contributed by atoms with Crippen LogP contribution in [-0.2, 0) is 28.6 Å². The molecule has 0 aliphatic rings. The van der Waals surface area contributed by atoms with E-state index in [1.165, 1.54) is 167 Å². The fraction of sp³-hybridized carbons (Fsp3) is 0.936. The molecule has 0 saturated heterocycles. The number of carbonyl (C=O) groups is 3. The first kappa shape index (κ1) is 51.4. The Labute approximate surface area is 329 Å². The molecular formula is C47H90O6. The molecule has 0 amide bonds. The van der Waals surface area contributed by atoms with E-state index in [0.29, 0.717) is 19.3 Å². The average molecular weight is 751 g/mol. The maximum Gasteiger partial charge on any atom is 0.306 e. The van der Waals surface area contributed by atoms with Gasteiger partial charge in [-0.1, -0.05) is 226 Å². The maximum absolute atomic E-state index is 12.6. The molecule has 0 radical (unpaired) electrons. The monoisotopic (exact) mass is 751 g/mol. The fourth-order valence-electron chi connectivity index (χ4n) is 7.03. The molecule has 314 valence electrons. The Morgan fingerprint density at radius 2 is 0.509 bits per heavy atom. The predicted octanol–water partition coefficient (Wildman–Crippen LogP) is 14.9. The van der Waals surface area contributed by atoms with Crippen molar-refractivity contribution < 1.29 is 28.6 Å². The van der Waals surface area contributed by atoms with Crippen LogP contribution in [0.4, 0.5) is 0 Å². The van der Waals surface area contributed by atoms with E-state index in [9.17, 15) is 14.4 Å². The number of carbonyl (C=O) groups excluding carboxylic acids is 3. The Morgan fingerprint density at radius 3 is 0.755 bits per heavy atom. The zero-order chi connectivity index (χ0) is 38.7. The summed E-state index contributed by atoms with van der Waals surface area (Å²) in [5.41, 5.74) is 0. The third-order valence-corrected chi connectivity index (χ3v) is 10.6. The summed E-state index contributed by atoms with van der Waals surface area (Å²) < 4.78 is 16.7. The second-order valence-electron chi connectivity index (χ2n) is 16.0. The first-order valence-electron chi connectivity index (χ1n) is 23.5. The highest BCUT2D eigenvalue weighted by atomic mass is 16.6. The summed E-state index contributed by atoms with van der Waals surface area (Å²) in [5, 5.41) is 0. The molecule has 0 aromatic rings. The summed E-state index contributed by atoms with van der Waals surface area (Å²) >= 11 is 0. The molecule has 0 aliphatic carbocycles. The van der Waals surface area contributed by atoms with Crippen molar-refractivity contribution in [1.82, 2.24) is 0 Å². The highest BCUT2D eigenvalue weighted by molar-refractivity contribution is 5.71. The summed E-state index contributed by atoms with van der Waals surface area (Å²) in [6, 6.07) is 0. The van der Waals surface area contributed by atoms with Crippen molar-refractivity contribution in [3.8, 4) is 0 Å². The van der Waals surface area contributed by atoms with E-state index in [2.05, 4.69) is 20.8 Å². The van der Waals surface area contributed by atoms with Crippen molar-refractivity contribution >= 4 is 17.9 Å². The largest absolute Gasteiger partial charge is 0.462 e. The first-order chi connectivity index (χ1) is 26.0. The van der Waals surface area contributed by atoms with Crippen molar-refractivity contribution in [3.05, 3.63) is 0 Å². The van der Waals surface area contributed by atoms with Gasteiger partial charge < -0.3 is 14.2 Å². The van der Waals surface area contributed by atoms with Crippen LogP contribution in [0.2, 0.25) is 0 Å². The minimum Gasteiger partial charge on any atom is -0.462 e. The van der Waals surface area contributed by atoms with Gasteiger partial charge in [0.2, 0.25) is 0 Å². The number of unbranched alkanes of at least 4 members (excludes halogenated alkanes) is 32. The molecule has 0 aromatic carbocycles. The van der Waals surface area contributed by atoms with Crippen molar-refractivity contribution in [2.75, 3.05) is 13.2 Å². The van der Waals surface area contributed by atoms with Gasteiger partial charge in [-0.05, 0) is 19.3 Å². The van der Waals surface area contributed by atoms with Gasteiger partial charge in [-0.25, -0.2) is 0 Å². The second-order valence-corrected chi connectivity index (χ2v) is 16.0. The van der Waals surface area contributed by atoms with Gasteiger partial charge in [0.15, 0.2) is 6.10 Å². The number of esters is 3. The van der Waals surface area contributed by atoms with Crippen molar-refractivity contribution in [2.45, 2.75) is 271 Å². The van der Waals surface area contributed by atoms with Gasteiger partial charge in [0.1, 0.15) is 13.2 Å². The molecule has 0 N–H and O–H groups in total. The van der Waals surface area contributed by atoms with Gasteiger partial charge in [0.05, 0.1) is 0 Å². The number of rotatable bonds is 43. The minimum absolute atomic E-state index is 0.0629. The van der Waals surface area contributed by atoms with Crippen LogP contribution in [0, 0.1) is 0 Å². The predicted molar refractivity (Wildman–Crippen MR) is 224 cm³/mol. The second kappa shape index (κ2) is 43.1. The highest BCUT2D eigenvalue weighted by Gasteiger charge is 2.19. The Kier molecular flexibility index (Phi) is 41.8. The third kappa shape index (κ3) is 41.4. The van der Waals surface area contributed by atoms with Crippen molar-refractivity contribution in [3.63, 3.8) is 0 Å². The van der Waals surface area contributed by atoms with E-state index in [1.54, 1.807) is 0 Å². The molecule has 0 heterocycles. The number of hydrogen-bond donors (Lipinski definition) is 0. The van der Waals surface area contributed by atoms with Gasteiger partial charge in [0, 0.05) is 19.3 Å². The molecule has 0 saturated carbocycles. The number of hydrogen-bond acceptors (Lipinski definition) is 6. The Hall–Kier alpha value is -1.59. The molecule has 0 bridgehead atoms. The topological polar surface area (TPSA) is 78.9 Å². The minimum atomic E-state index is -0.757. The maximum atomic E-state index is 12.6. The molecule has 53 heavy (non-hydrogen) atoms. The van der Waals surface area contributed by atoms with Crippen LogP contribution in [0.25, 0.3) is 0 Å². The van der Waals surface area contributed by atoms with Crippen LogP contribution in [0.15, 0.2) is 0 Å². The van der Waals surface area contributed by atoms with E-state index < -0.39 is 6.10 Å². The smallest absolute Gasteiger partial charge is 0.306 e. The summed E-state index contributed by atoms with van der Waals surface area (Å²) in [7, 11) is 0. The molecule has 1 atom stereocenters. The van der Waals surface area contributed by atoms with Crippen molar-refractivity contribution in [2.24, 2.45) is 0 Å². The fourth-order valence-corrected chi connectivity index (χ4v) is 7.03. The quantitative estimate of drug-likeness (QED) is 0.0351. The first-order valence-corrected chi connectivity index (χ1v) is 23.5. The van der Waals surface area contributed by atoms with Gasteiger partial charge in [-0.2, -0.15) is 0 Å². The van der Waals surface area contributed by atoms with Gasteiger partial charge >= 0.3 is 17.9 Å². The molecule has 0 unspecified atom stereocenters. The molecular weight excluding hydrogens is 661 g/mol. The number of ether oxygens (including phenoxy) is 3. The molecule has 6 heteroatoms. The van der Waals surface area contributed by atoms with E-state index in [4.69, 9.17) is 14.2 Å². The van der Waals surface area contributed by atoms with Crippen LogP contribution in [0.3, 0.4) is 0 Å². The summed E-state index contributed by atoms with van der Waals surface area (Å²) in [6.07, 6.45) is 43.8. The van der Waals surface area contributed by atoms with E-state index >= 15 is 0 Å². The zero-order valence-corrected chi connectivity index (χ0v) is 35.8. The molecule has 0 spiro atoms. The lowest BCUT2D eigenvalue weighted by atomic mass is 10.0. The zero-order valence-electron chi connectivity index (χ0n) is 35.8. The molecule has 0 aliphatic heterocycles. The average Bonchev–Trinajstić information content (AvgIpc) is 3.15. The summed E-state index contributed by atoms with van der Waals surface area (Å²) in [6.45, 7) is 6.62. The van der Waals surface area contributed by atoms with E-state index in [0.717, 1.165) is 57.8 Å². The third-order valence-electron chi connectivity index (χ3n) is 10.6. The molecule has 0 aromatic heterocycles. The van der Waals surface area contributed by atoms with Crippen LogP contribution in [0.5, 0.6) is 0 Å². The van der Waals surface area contributed by atoms with Crippen LogP contribution < -0.4 is 0 Å². The van der Waals surface area contributed by atoms with Crippen LogP contribution in [0.1, 0.15) is 265 Å². The molecule has 6 nitrogen and oxygen atoms in total. The van der Waals surface area contributed by atoms with Crippen LogP contribution in [-0.4, -0.2) is 37.2 Å². The SMILES string of the molecule is CCCCCCCCCCCCCCCCCCCC(=O)OC[C@H](COC(=O)CCCCCCCCCCC)OC(=O)CCCCCCCCCCC. The van der Waals surface area contributed by atoms with Crippen LogP contribution >= 0.6 is 0 Å². The Bertz CT molecular complexity index is 783. The van der Waals surface area contributed by atoms with Gasteiger partial charge in [-0.15, -0.1) is 0 Å². The van der Waals surface area contributed by atoms with E-state index in [-0.39, 0.29) is 31.1 Å². The van der Waals surface area contributed by atoms with E-state index in [1.807, 2.05) is 0 Å². The highest BCUT2D eigenvalue weighted by Crippen LogP contribution is 2.16.